The molecule has 2 rings (SSSR count). The lowest BCUT2D eigenvalue weighted by Crippen LogP contribution is -2.35. The Balaban J connectivity index is 2.17. The summed E-state index contributed by atoms with van der Waals surface area (Å²) in [6.07, 6.45) is 0. The summed E-state index contributed by atoms with van der Waals surface area (Å²) in [4.78, 5) is 0. The van der Waals surface area contributed by atoms with Crippen LogP contribution in [-0.4, -0.2) is 5.11 Å². The van der Waals surface area contributed by atoms with Crippen LogP contribution in [0, 0.1) is 25.6 Å². The number of hydrogen-bond acceptors (Lipinski definition) is 1. The minimum atomic E-state index is -0.346. The Labute approximate surface area is 157 Å². The third-order valence-corrected chi connectivity index (χ3v) is 4.61. The summed E-state index contributed by atoms with van der Waals surface area (Å²) in [7, 11) is 0. The van der Waals surface area contributed by atoms with Crippen LogP contribution in [0.4, 0.5) is 10.1 Å². The fourth-order valence-electron chi connectivity index (χ4n) is 2.67. The maximum absolute atomic E-state index is 14.0. The zero-order valence-electron chi connectivity index (χ0n) is 14.3. The van der Waals surface area contributed by atoms with E-state index in [-0.39, 0.29) is 11.9 Å². The van der Waals surface area contributed by atoms with E-state index in [0.29, 0.717) is 21.2 Å². The van der Waals surface area contributed by atoms with E-state index in [1.54, 1.807) is 12.1 Å². The third kappa shape index (κ3) is 4.77. The third-order valence-electron chi connectivity index (χ3n) is 3.89. The molecule has 0 saturated heterocycles. The molecule has 2 N–H and O–H groups in total. The molecule has 0 bridgehead atoms. The fourth-order valence-corrected chi connectivity index (χ4v) is 3.24. The molecular weight excluding hydrogens is 387 g/mol. The molecular formula is C19H22BrFN2S. The molecule has 0 aliphatic heterocycles. The van der Waals surface area contributed by atoms with E-state index in [9.17, 15) is 4.39 Å². The zero-order valence-corrected chi connectivity index (χ0v) is 16.7. The predicted molar refractivity (Wildman–Crippen MR) is 107 cm³/mol. The number of nitrogens with one attached hydrogen (secondary N) is 2. The lowest BCUT2D eigenvalue weighted by atomic mass is 9.92. The van der Waals surface area contributed by atoms with E-state index in [4.69, 9.17) is 12.2 Å². The predicted octanol–water partition coefficient (Wildman–Crippen LogP) is 5.89. The monoisotopic (exact) mass is 408 g/mol. The van der Waals surface area contributed by atoms with Crippen molar-refractivity contribution in [2.24, 2.45) is 5.92 Å². The fraction of sp³-hybridized carbons (Fsp3) is 0.316. The molecule has 1 atom stereocenters. The number of aryl methyl sites for hydroxylation is 2. The summed E-state index contributed by atoms with van der Waals surface area (Å²) in [5.41, 5.74) is 4.02. The van der Waals surface area contributed by atoms with Crippen LogP contribution in [-0.2, 0) is 0 Å². The van der Waals surface area contributed by atoms with Crippen molar-refractivity contribution in [3.05, 3.63) is 63.4 Å². The summed E-state index contributed by atoms with van der Waals surface area (Å²) < 4.78 is 14.7. The number of hydrogen-bond donors (Lipinski definition) is 2. The second-order valence-corrected chi connectivity index (χ2v) is 7.63. The Morgan fingerprint density at radius 3 is 2.42 bits per heavy atom. The highest BCUT2D eigenvalue weighted by Crippen LogP contribution is 2.26. The van der Waals surface area contributed by atoms with Crippen LogP contribution in [0.3, 0.4) is 0 Å². The Hall–Kier alpha value is -1.46. The molecule has 24 heavy (non-hydrogen) atoms. The van der Waals surface area contributed by atoms with Gasteiger partial charge in [-0.05, 0) is 61.3 Å². The second-order valence-electron chi connectivity index (χ2n) is 6.30. The van der Waals surface area contributed by atoms with E-state index >= 15 is 0 Å². The lowest BCUT2D eigenvalue weighted by molar-refractivity contribution is 0.471. The van der Waals surface area contributed by atoms with Crippen molar-refractivity contribution in [2.45, 2.75) is 33.7 Å². The van der Waals surface area contributed by atoms with Gasteiger partial charge in [0.15, 0.2) is 5.11 Å². The lowest BCUT2D eigenvalue weighted by Gasteiger charge is -2.26. The van der Waals surface area contributed by atoms with E-state index in [2.05, 4.69) is 72.5 Å². The second kappa shape index (κ2) is 8.08. The molecule has 128 valence electrons. The van der Waals surface area contributed by atoms with Crippen molar-refractivity contribution in [1.29, 1.82) is 0 Å². The van der Waals surface area contributed by atoms with Crippen LogP contribution in [0.1, 0.15) is 36.6 Å². The highest BCUT2D eigenvalue weighted by atomic mass is 79.9. The first kappa shape index (κ1) is 18.9. The topological polar surface area (TPSA) is 24.1 Å². The molecule has 0 fully saturated rings. The normalized spacial score (nSPS) is 12.1. The average molecular weight is 409 g/mol. The Bertz CT molecular complexity index is 746. The molecule has 0 aromatic heterocycles. The van der Waals surface area contributed by atoms with Crippen LogP contribution in [0.2, 0.25) is 0 Å². The highest BCUT2D eigenvalue weighted by molar-refractivity contribution is 9.10. The average Bonchev–Trinajstić information content (AvgIpc) is 2.48. The molecule has 0 aliphatic rings. The van der Waals surface area contributed by atoms with Crippen molar-refractivity contribution in [3.63, 3.8) is 0 Å². The van der Waals surface area contributed by atoms with Crippen molar-refractivity contribution in [3.8, 4) is 0 Å². The number of thiocarbonyl (C=S) groups is 1. The number of anilines is 1. The van der Waals surface area contributed by atoms with E-state index in [0.717, 1.165) is 0 Å². The van der Waals surface area contributed by atoms with Gasteiger partial charge in [-0.15, -0.1) is 0 Å². The summed E-state index contributed by atoms with van der Waals surface area (Å²) in [5, 5.41) is 6.69. The largest absolute Gasteiger partial charge is 0.355 e. The van der Waals surface area contributed by atoms with Gasteiger partial charge in [-0.2, -0.15) is 0 Å². The molecule has 0 aliphatic carbocycles. The van der Waals surface area contributed by atoms with E-state index in [1.165, 1.54) is 22.8 Å². The van der Waals surface area contributed by atoms with E-state index in [1.807, 2.05) is 0 Å². The maximum Gasteiger partial charge on any atom is 0.171 e. The van der Waals surface area contributed by atoms with Gasteiger partial charge in [0.2, 0.25) is 0 Å². The van der Waals surface area contributed by atoms with E-state index < -0.39 is 0 Å². The molecule has 0 radical (unpaired) electrons. The van der Waals surface area contributed by atoms with Crippen LogP contribution < -0.4 is 10.6 Å². The molecule has 0 unspecified atom stereocenters. The van der Waals surface area contributed by atoms with Crippen molar-refractivity contribution < 1.29 is 4.39 Å². The van der Waals surface area contributed by atoms with Crippen LogP contribution in [0.25, 0.3) is 0 Å². The molecule has 0 spiro atoms. The smallest absolute Gasteiger partial charge is 0.171 e. The van der Waals surface area contributed by atoms with Crippen molar-refractivity contribution in [2.75, 3.05) is 5.32 Å². The number of rotatable bonds is 4. The minimum Gasteiger partial charge on any atom is -0.355 e. The SMILES string of the molecule is Cc1ccc([C@H](NC(=S)Nc2ccc(Br)cc2F)C(C)C)c(C)c1. The summed E-state index contributed by atoms with van der Waals surface area (Å²) >= 11 is 8.64. The van der Waals surface area contributed by atoms with Gasteiger partial charge in [0.1, 0.15) is 5.82 Å². The Morgan fingerprint density at radius 1 is 1.12 bits per heavy atom. The molecule has 2 nitrogen and oxygen atoms in total. The van der Waals surface area contributed by atoms with Gasteiger partial charge >= 0.3 is 0 Å². The summed E-state index contributed by atoms with van der Waals surface area (Å²) in [5.74, 6) is -0.0120. The Kier molecular flexibility index (Phi) is 6.35. The van der Waals surface area contributed by atoms with Gasteiger partial charge in [-0.1, -0.05) is 53.5 Å². The first-order valence-corrected chi connectivity index (χ1v) is 9.07. The maximum atomic E-state index is 14.0. The number of halogens is 2. The first-order chi connectivity index (χ1) is 11.3. The van der Waals surface area contributed by atoms with Crippen molar-refractivity contribution in [1.82, 2.24) is 5.32 Å². The van der Waals surface area contributed by atoms with Crippen LogP contribution >= 0.6 is 28.1 Å². The number of benzene rings is 2. The van der Waals surface area contributed by atoms with Gasteiger partial charge in [0.05, 0.1) is 11.7 Å². The molecule has 5 heteroatoms. The molecule has 0 saturated carbocycles. The van der Waals surface area contributed by atoms with Crippen LogP contribution in [0.5, 0.6) is 0 Å². The zero-order chi connectivity index (χ0) is 17.9. The highest BCUT2D eigenvalue weighted by Gasteiger charge is 2.19. The Morgan fingerprint density at radius 2 is 1.83 bits per heavy atom. The van der Waals surface area contributed by atoms with Gasteiger partial charge in [-0.3, -0.25) is 0 Å². The quantitative estimate of drug-likeness (QED) is 0.616. The minimum absolute atomic E-state index is 0.0594. The van der Waals surface area contributed by atoms with Gasteiger partial charge in [0, 0.05) is 4.47 Å². The van der Waals surface area contributed by atoms with Crippen molar-refractivity contribution >= 4 is 38.9 Å². The molecule has 0 amide bonds. The summed E-state index contributed by atoms with van der Waals surface area (Å²) in [6.45, 7) is 8.46. The molecule has 2 aromatic carbocycles. The van der Waals surface area contributed by atoms with Gasteiger partial charge < -0.3 is 10.6 Å². The van der Waals surface area contributed by atoms with Gasteiger partial charge in [-0.25, -0.2) is 4.39 Å². The molecule has 2 aromatic rings. The first-order valence-electron chi connectivity index (χ1n) is 7.87. The van der Waals surface area contributed by atoms with Crippen LogP contribution in [0.15, 0.2) is 40.9 Å². The summed E-state index contributed by atoms with van der Waals surface area (Å²) in [6, 6.07) is 11.3. The molecule has 0 heterocycles. The standard InChI is InChI=1S/C19H22BrFN2S/c1-11(2)18(15-7-5-12(3)9-13(15)4)23-19(24)22-17-8-6-14(20)10-16(17)21/h5-11,18H,1-4H3,(H2,22,23,24)/t18-/m1/s1. The van der Waals surface area contributed by atoms with Gasteiger partial charge in [0.25, 0.3) is 0 Å².